The highest BCUT2D eigenvalue weighted by atomic mass is 79.9. The summed E-state index contributed by atoms with van der Waals surface area (Å²) >= 11 is 15.9. The van der Waals surface area contributed by atoms with Crippen molar-refractivity contribution in [3.8, 4) is 0 Å². The zero-order chi connectivity index (χ0) is 13.3. The molecule has 1 unspecified atom stereocenters. The van der Waals surface area contributed by atoms with Crippen LogP contribution < -0.4 is 0 Å². The molecule has 0 aliphatic heterocycles. The molecule has 0 nitrogen and oxygen atoms in total. The maximum atomic E-state index is 6.13. The molecule has 0 aromatic heterocycles. The summed E-state index contributed by atoms with van der Waals surface area (Å²) in [6.07, 6.45) is 0. The second-order valence-electron chi connectivity index (χ2n) is 4.38. The predicted molar refractivity (Wildman–Crippen MR) is 83.1 cm³/mol. The van der Waals surface area contributed by atoms with E-state index in [-0.39, 0.29) is 4.83 Å². The highest BCUT2D eigenvalue weighted by Crippen LogP contribution is 2.35. The summed E-state index contributed by atoms with van der Waals surface area (Å²) in [7, 11) is 0. The summed E-state index contributed by atoms with van der Waals surface area (Å²) in [5.41, 5.74) is 4.63. The molecule has 3 heteroatoms. The van der Waals surface area contributed by atoms with E-state index in [2.05, 4.69) is 35.0 Å². The van der Waals surface area contributed by atoms with E-state index in [4.69, 9.17) is 23.2 Å². The summed E-state index contributed by atoms with van der Waals surface area (Å²) in [5, 5.41) is 1.56. The molecular formula is C15H13BrCl2. The first kappa shape index (κ1) is 13.9. The lowest BCUT2D eigenvalue weighted by Gasteiger charge is -2.15. The molecule has 0 spiro atoms. The molecule has 0 radical (unpaired) electrons. The smallest absolute Gasteiger partial charge is 0.0647 e. The van der Waals surface area contributed by atoms with Crippen LogP contribution in [0.25, 0.3) is 0 Å². The molecule has 0 heterocycles. The minimum atomic E-state index is 0.132. The molecule has 0 fully saturated rings. The third-order valence-corrected chi connectivity index (χ3v) is 4.63. The molecule has 94 valence electrons. The second kappa shape index (κ2) is 5.64. The third-order valence-electron chi connectivity index (χ3n) is 2.96. The molecule has 2 rings (SSSR count). The van der Waals surface area contributed by atoms with E-state index >= 15 is 0 Å². The van der Waals surface area contributed by atoms with E-state index in [1.54, 1.807) is 0 Å². The van der Waals surface area contributed by atoms with Crippen molar-refractivity contribution in [3.63, 3.8) is 0 Å². The van der Waals surface area contributed by atoms with Crippen LogP contribution in [0, 0.1) is 13.8 Å². The first-order chi connectivity index (χ1) is 8.49. The lowest BCUT2D eigenvalue weighted by atomic mass is 9.98. The van der Waals surface area contributed by atoms with Gasteiger partial charge in [0.2, 0.25) is 0 Å². The topological polar surface area (TPSA) is 0 Å². The van der Waals surface area contributed by atoms with Crippen molar-refractivity contribution in [1.82, 2.24) is 0 Å². The predicted octanol–water partition coefficient (Wildman–Crippen LogP) is 6.09. The quantitative estimate of drug-likeness (QED) is 0.578. The summed E-state index contributed by atoms with van der Waals surface area (Å²) in [6.45, 7) is 4.09. The number of hydrogen-bond acceptors (Lipinski definition) is 0. The molecule has 0 aliphatic rings. The van der Waals surface area contributed by atoms with Crippen LogP contribution >= 0.6 is 39.1 Å². The highest BCUT2D eigenvalue weighted by molar-refractivity contribution is 9.09. The number of benzene rings is 2. The van der Waals surface area contributed by atoms with Gasteiger partial charge in [0, 0.05) is 10.0 Å². The largest absolute Gasteiger partial charge is 0.0843 e. The number of alkyl halides is 1. The Bertz CT molecular complexity index is 579. The Morgan fingerprint density at radius 1 is 1.00 bits per heavy atom. The van der Waals surface area contributed by atoms with Gasteiger partial charge in [-0.1, -0.05) is 57.3 Å². The summed E-state index contributed by atoms with van der Waals surface area (Å²) in [5.74, 6) is 0. The Hall–Kier alpha value is -0.500. The van der Waals surface area contributed by atoms with E-state index in [1.165, 1.54) is 11.1 Å². The summed E-state index contributed by atoms with van der Waals surface area (Å²) < 4.78 is 0. The fourth-order valence-electron chi connectivity index (χ4n) is 1.92. The standard InChI is InChI=1S/C15H13BrCl2/c1-9-7-14(18)10(2)6-13(9)15(16)11-4-3-5-12(17)8-11/h3-8,15H,1-2H3. The van der Waals surface area contributed by atoms with E-state index in [0.717, 1.165) is 21.2 Å². The molecule has 1 atom stereocenters. The van der Waals surface area contributed by atoms with Gasteiger partial charge in [-0.05, 0) is 54.3 Å². The molecule has 18 heavy (non-hydrogen) atoms. The summed E-state index contributed by atoms with van der Waals surface area (Å²) in [4.78, 5) is 0.132. The number of halogens is 3. The van der Waals surface area contributed by atoms with Crippen LogP contribution in [-0.2, 0) is 0 Å². The van der Waals surface area contributed by atoms with Crippen molar-refractivity contribution in [2.24, 2.45) is 0 Å². The van der Waals surface area contributed by atoms with Gasteiger partial charge in [-0.25, -0.2) is 0 Å². The number of aryl methyl sites for hydroxylation is 2. The van der Waals surface area contributed by atoms with Crippen LogP contribution in [0.1, 0.15) is 27.1 Å². The zero-order valence-electron chi connectivity index (χ0n) is 10.2. The van der Waals surface area contributed by atoms with Crippen LogP contribution in [0.4, 0.5) is 0 Å². The SMILES string of the molecule is Cc1cc(C(Br)c2cccc(Cl)c2)c(C)cc1Cl. The molecule has 0 saturated heterocycles. The van der Waals surface area contributed by atoms with Gasteiger partial charge in [-0.2, -0.15) is 0 Å². The van der Waals surface area contributed by atoms with E-state index in [9.17, 15) is 0 Å². The Morgan fingerprint density at radius 2 is 1.72 bits per heavy atom. The molecule has 2 aromatic rings. The van der Waals surface area contributed by atoms with Crippen molar-refractivity contribution in [3.05, 3.63) is 68.7 Å². The van der Waals surface area contributed by atoms with Gasteiger partial charge in [0.1, 0.15) is 0 Å². The second-order valence-corrected chi connectivity index (χ2v) is 6.13. The van der Waals surface area contributed by atoms with Crippen molar-refractivity contribution in [1.29, 1.82) is 0 Å². The fraction of sp³-hybridized carbons (Fsp3) is 0.200. The molecule has 0 saturated carbocycles. The van der Waals surface area contributed by atoms with E-state index in [1.807, 2.05) is 31.2 Å². The monoisotopic (exact) mass is 342 g/mol. The van der Waals surface area contributed by atoms with Crippen molar-refractivity contribution in [2.45, 2.75) is 18.7 Å². The van der Waals surface area contributed by atoms with Gasteiger partial charge < -0.3 is 0 Å². The van der Waals surface area contributed by atoms with Gasteiger partial charge >= 0.3 is 0 Å². The fourth-order valence-corrected chi connectivity index (χ4v) is 3.12. The summed E-state index contributed by atoms with van der Waals surface area (Å²) in [6, 6.07) is 12.0. The molecule has 0 bridgehead atoms. The zero-order valence-corrected chi connectivity index (χ0v) is 13.3. The van der Waals surface area contributed by atoms with E-state index < -0.39 is 0 Å². The van der Waals surface area contributed by atoms with Gasteiger partial charge in [0.25, 0.3) is 0 Å². The normalized spacial score (nSPS) is 12.5. The van der Waals surface area contributed by atoms with Crippen molar-refractivity contribution >= 4 is 39.1 Å². The molecule has 0 aliphatic carbocycles. The Labute approximate surface area is 126 Å². The average molecular weight is 344 g/mol. The Morgan fingerprint density at radius 3 is 2.39 bits per heavy atom. The minimum absolute atomic E-state index is 0.132. The molecular weight excluding hydrogens is 331 g/mol. The van der Waals surface area contributed by atoms with Crippen LogP contribution in [-0.4, -0.2) is 0 Å². The molecule has 2 aromatic carbocycles. The molecule has 0 N–H and O–H groups in total. The Kier molecular flexibility index (Phi) is 4.37. The van der Waals surface area contributed by atoms with Gasteiger partial charge in [-0.15, -0.1) is 0 Å². The Balaban J connectivity index is 2.46. The van der Waals surface area contributed by atoms with Crippen molar-refractivity contribution in [2.75, 3.05) is 0 Å². The number of rotatable bonds is 2. The van der Waals surface area contributed by atoms with Gasteiger partial charge in [0.05, 0.1) is 4.83 Å². The lowest BCUT2D eigenvalue weighted by molar-refractivity contribution is 1.13. The van der Waals surface area contributed by atoms with Crippen LogP contribution in [0.5, 0.6) is 0 Å². The average Bonchev–Trinajstić information content (AvgIpc) is 2.33. The third kappa shape index (κ3) is 2.90. The van der Waals surface area contributed by atoms with Crippen molar-refractivity contribution < 1.29 is 0 Å². The van der Waals surface area contributed by atoms with Crippen LogP contribution in [0.3, 0.4) is 0 Å². The van der Waals surface area contributed by atoms with Gasteiger partial charge in [-0.3, -0.25) is 0 Å². The first-order valence-corrected chi connectivity index (χ1v) is 7.32. The maximum absolute atomic E-state index is 6.13. The van der Waals surface area contributed by atoms with Crippen LogP contribution in [0.2, 0.25) is 10.0 Å². The minimum Gasteiger partial charge on any atom is -0.0843 e. The van der Waals surface area contributed by atoms with Crippen LogP contribution in [0.15, 0.2) is 36.4 Å². The van der Waals surface area contributed by atoms with E-state index in [0.29, 0.717) is 0 Å². The highest BCUT2D eigenvalue weighted by Gasteiger charge is 2.14. The maximum Gasteiger partial charge on any atom is 0.0647 e. The first-order valence-electron chi connectivity index (χ1n) is 5.65. The van der Waals surface area contributed by atoms with Gasteiger partial charge in [0.15, 0.2) is 0 Å². The number of hydrogen-bond donors (Lipinski definition) is 0. The molecule has 0 amide bonds. The lowest BCUT2D eigenvalue weighted by Crippen LogP contribution is -1.97.